The van der Waals surface area contributed by atoms with Crippen LogP contribution in [0.1, 0.15) is 10.7 Å². The molecule has 1 N–H and O–H groups in total. The molecule has 0 saturated carbocycles. The van der Waals surface area contributed by atoms with E-state index in [2.05, 4.69) is 4.98 Å². The average Bonchev–Trinajstić information content (AvgIpc) is 2.33. The van der Waals surface area contributed by atoms with Crippen molar-refractivity contribution in [2.24, 2.45) is 0 Å². The molecule has 0 bridgehead atoms. The number of thiazole rings is 1. The number of nitrogens with zero attached hydrogens (tertiary/aromatic N) is 1. The summed E-state index contributed by atoms with van der Waals surface area (Å²) in [6.07, 6.45) is -7.32. The van der Waals surface area contributed by atoms with Gasteiger partial charge in [0.05, 0.1) is 5.01 Å². The van der Waals surface area contributed by atoms with Crippen molar-refractivity contribution >= 4 is 11.3 Å². The van der Waals surface area contributed by atoms with Gasteiger partial charge < -0.3 is 5.11 Å². The van der Waals surface area contributed by atoms with E-state index < -0.39 is 18.7 Å². The largest absolute Gasteiger partial charge is 0.414 e. The van der Waals surface area contributed by atoms with Crippen LogP contribution in [0.4, 0.5) is 13.2 Å². The minimum atomic E-state index is -4.56. The van der Waals surface area contributed by atoms with Crippen molar-refractivity contribution in [2.75, 3.05) is 0 Å². The van der Waals surface area contributed by atoms with Crippen LogP contribution in [0.25, 0.3) is 0 Å². The summed E-state index contributed by atoms with van der Waals surface area (Å²) in [5.74, 6) is 0. The molecular weight excluding hydrogens is 203 g/mol. The standard InChI is InChI=1S/C7H8F3NOS/c1-4-3-13-6(11-4)2-5(12)7(8,9)10/h3,5,12H,2H2,1H3. The zero-order valence-corrected chi connectivity index (χ0v) is 7.61. The van der Waals surface area contributed by atoms with E-state index in [9.17, 15) is 13.2 Å². The molecule has 0 amide bonds. The number of hydrogen-bond acceptors (Lipinski definition) is 3. The number of aromatic nitrogens is 1. The molecule has 0 radical (unpaired) electrons. The second-order valence-electron chi connectivity index (χ2n) is 2.64. The molecule has 6 heteroatoms. The third-order valence-corrected chi connectivity index (χ3v) is 2.40. The van der Waals surface area contributed by atoms with Crippen molar-refractivity contribution in [1.29, 1.82) is 0 Å². The van der Waals surface area contributed by atoms with Gasteiger partial charge in [-0.05, 0) is 6.92 Å². The van der Waals surface area contributed by atoms with Crippen LogP contribution in [0.15, 0.2) is 5.38 Å². The predicted octanol–water partition coefficient (Wildman–Crippen LogP) is 1.92. The van der Waals surface area contributed by atoms with Crippen LogP contribution in [-0.4, -0.2) is 22.4 Å². The van der Waals surface area contributed by atoms with Crippen molar-refractivity contribution in [3.8, 4) is 0 Å². The molecule has 0 aliphatic heterocycles. The number of aliphatic hydroxyl groups excluding tert-OH is 1. The van der Waals surface area contributed by atoms with Crippen LogP contribution in [-0.2, 0) is 6.42 Å². The van der Waals surface area contributed by atoms with Gasteiger partial charge in [-0.25, -0.2) is 4.98 Å². The second kappa shape index (κ2) is 3.63. The number of aliphatic hydroxyl groups is 1. The third-order valence-electron chi connectivity index (χ3n) is 1.41. The number of rotatable bonds is 2. The second-order valence-corrected chi connectivity index (χ2v) is 3.59. The molecule has 2 nitrogen and oxygen atoms in total. The van der Waals surface area contributed by atoms with Crippen LogP contribution in [0.2, 0.25) is 0 Å². The molecule has 74 valence electrons. The molecule has 1 aromatic heterocycles. The maximum atomic E-state index is 11.9. The van der Waals surface area contributed by atoms with Gasteiger partial charge in [0.1, 0.15) is 0 Å². The number of halogens is 3. The van der Waals surface area contributed by atoms with Gasteiger partial charge in [0.25, 0.3) is 0 Å². The molecule has 0 aliphatic rings. The maximum Gasteiger partial charge on any atom is 0.414 e. The Hall–Kier alpha value is -0.620. The lowest BCUT2D eigenvalue weighted by Crippen LogP contribution is -2.30. The fraction of sp³-hybridized carbons (Fsp3) is 0.571. The predicted molar refractivity (Wildman–Crippen MR) is 42.6 cm³/mol. The first-order chi connectivity index (χ1) is 5.89. The van der Waals surface area contributed by atoms with E-state index in [4.69, 9.17) is 5.11 Å². The summed E-state index contributed by atoms with van der Waals surface area (Å²) >= 11 is 1.12. The van der Waals surface area contributed by atoms with Gasteiger partial charge in [0.15, 0.2) is 6.10 Å². The molecule has 13 heavy (non-hydrogen) atoms. The Morgan fingerprint density at radius 1 is 1.62 bits per heavy atom. The third kappa shape index (κ3) is 2.96. The quantitative estimate of drug-likeness (QED) is 0.810. The van der Waals surface area contributed by atoms with Gasteiger partial charge >= 0.3 is 6.18 Å². The molecule has 0 saturated heterocycles. The van der Waals surface area contributed by atoms with Gasteiger partial charge in [-0.1, -0.05) is 0 Å². The highest BCUT2D eigenvalue weighted by Crippen LogP contribution is 2.23. The zero-order valence-electron chi connectivity index (χ0n) is 6.80. The lowest BCUT2D eigenvalue weighted by Gasteiger charge is -2.12. The van der Waals surface area contributed by atoms with Gasteiger partial charge in [-0.15, -0.1) is 11.3 Å². The highest BCUT2D eigenvalue weighted by Gasteiger charge is 2.38. The smallest absolute Gasteiger partial charge is 0.383 e. The van der Waals surface area contributed by atoms with Gasteiger partial charge in [0, 0.05) is 17.5 Å². The summed E-state index contributed by atoms with van der Waals surface area (Å²) in [7, 11) is 0. The molecule has 1 unspecified atom stereocenters. The minimum Gasteiger partial charge on any atom is -0.383 e. The van der Waals surface area contributed by atoms with E-state index >= 15 is 0 Å². The van der Waals surface area contributed by atoms with Crippen molar-refractivity contribution in [3.63, 3.8) is 0 Å². The minimum absolute atomic E-state index is 0.308. The Kier molecular flexibility index (Phi) is 2.92. The van der Waals surface area contributed by atoms with E-state index in [0.29, 0.717) is 10.7 Å². The Morgan fingerprint density at radius 3 is 2.62 bits per heavy atom. The van der Waals surface area contributed by atoms with E-state index in [0.717, 1.165) is 11.3 Å². The first-order valence-electron chi connectivity index (χ1n) is 3.55. The summed E-state index contributed by atoms with van der Waals surface area (Å²) in [6, 6.07) is 0. The zero-order chi connectivity index (χ0) is 10.1. The van der Waals surface area contributed by atoms with Crippen molar-refractivity contribution in [1.82, 2.24) is 4.98 Å². The van der Waals surface area contributed by atoms with Crippen molar-refractivity contribution < 1.29 is 18.3 Å². The highest BCUT2D eigenvalue weighted by molar-refractivity contribution is 7.09. The monoisotopic (exact) mass is 211 g/mol. The topological polar surface area (TPSA) is 33.1 Å². The van der Waals surface area contributed by atoms with Crippen LogP contribution >= 0.6 is 11.3 Å². The Morgan fingerprint density at radius 2 is 2.23 bits per heavy atom. The lowest BCUT2D eigenvalue weighted by molar-refractivity contribution is -0.203. The average molecular weight is 211 g/mol. The maximum absolute atomic E-state index is 11.9. The van der Waals surface area contributed by atoms with Gasteiger partial charge in [0.2, 0.25) is 0 Å². The molecular formula is C7H8F3NOS. The van der Waals surface area contributed by atoms with Crippen molar-refractivity contribution in [2.45, 2.75) is 25.6 Å². The molecule has 1 heterocycles. The Labute approximate surface area is 77.0 Å². The normalized spacial score (nSPS) is 14.5. The Bertz CT molecular complexity index is 284. The molecule has 1 rings (SSSR count). The summed E-state index contributed by atoms with van der Waals surface area (Å²) in [6.45, 7) is 1.69. The fourth-order valence-electron chi connectivity index (χ4n) is 0.778. The molecule has 0 spiro atoms. The summed E-state index contributed by atoms with van der Waals surface area (Å²) in [4.78, 5) is 3.82. The molecule has 0 aliphatic carbocycles. The summed E-state index contributed by atoms with van der Waals surface area (Å²) < 4.78 is 35.6. The fourth-order valence-corrected chi connectivity index (χ4v) is 1.59. The highest BCUT2D eigenvalue weighted by atomic mass is 32.1. The first-order valence-corrected chi connectivity index (χ1v) is 4.43. The van der Waals surface area contributed by atoms with Crippen LogP contribution in [0.3, 0.4) is 0 Å². The van der Waals surface area contributed by atoms with Gasteiger partial charge in [-0.3, -0.25) is 0 Å². The van der Waals surface area contributed by atoms with E-state index in [-0.39, 0.29) is 0 Å². The molecule has 1 atom stereocenters. The van der Waals surface area contributed by atoms with Crippen LogP contribution in [0.5, 0.6) is 0 Å². The number of alkyl halides is 3. The molecule has 0 fully saturated rings. The van der Waals surface area contributed by atoms with Gasteiger partial charge in [-0.2, -0.15) is 13.2 Å². The number of aryl methyl sites for hydroxylation is 1. The summed E-state index contributed by atoms with van der Waals surface area (Å²) in [5, 5.41) is 10.6. The first kappa shape index (κ1) is 10.5. The van der Waals surface area contributed by atoms with E-state index in [1.807, 2.05) is 0 Å². The van der Waals surface area contributed by atoms with Crippen molar-refractivity contribution in [3.05, 3.63) is 16.1 Å². The van der Waals surface area contributed by atoms with E-state index in [1.165, 1.54) is 0 Å². The Balaban J connectivity index is 2.60. The number of hydrogen-bond donors (Lipinski definition) is 1. The van der Waals surface area contributed by atoms with E-state index in [1.54, 1.807) is 12.3 Å². The lowest BCUT2D eigenvalue weighted by atomic mass is 10.2. The van der Waals surface area contributed by atoms with Crippen LogP contribution < -0.4 is 0 Å². The molecule has 1 aromatic rings. The SMILES string of the molecule is Cc1csc(CC(O)C(F)(F)F)n1. The van der Waals surface area contributed by atoms with Crippen LogP contribution in [0, 0.1) is 6.92 Å². The summed E-state index contributed by atoms with van der Waals surface area (Å²) in [5.41, 5.74) is 0.675. The molecule has 0 aromatic carbocycles.